The van der Waals surface area contributed by atoms with Crippen LogP contribution in [0.4, 0.5) is 0 Å². The van der Waals surface area contributed by atoms with Crippen LogP contribution in [0.1, 0.15) is 24.3 Å². The van der Waals surface area contributed by atoms with Gasteiger partial charge >= 0.3 is 0 Å². The average molecular weight is 313 g/mol. The van der Waals surface area contributed by atoms with E-state index < -0.39 is 0 Å². The number of nitrogens with zero attached hydrogens (tertiary/aromatic N) is 3. The third-order valence-electron chi connectivity index (χ3n) is 4.45. The first-order valence-corrected chi connectivity index (χ1v) is 8.06. The molecule has 0 saturated carbocycles. The lowest BCUT2D eigenvalue weighted by atomic mass is 10.1. The van der Waals surface area contributed by atoms with Crippen LogP contribution >= 0.6 is 0 Å². The Morgan fingerprint density at radius 1 is 1.13 bits per heavy atom. The van der Waals surface area contributed by atoms with E-state index in [2.05, 4.69) is 23.7 Å². The molecule has 1 fully saturated rings. The highest BCUT2D eigenvalue weighted by molar-refractivity contribution is 5.95. The lowest BCUT2D eigenvalue weighted by Crippen LogP contribution is -2.50. The molecular weight excluding hydrogens is 290 g/mol. The van der Waals surface area contributed by atoms with E-state index in [0.29, 0.717) is 11.7 Å². The van der Waals surface area contributed by atoms with Gasteiger partial charge in [-0.15, -0.1) is 0 Å². The van der Waals surface area contributed by atoms with Crippen molar-refractivity contribution in [3.63, 3.8) is 0 Å². The molecule has 1 aliphatic rings. The molecule has 0 spiro atoms. The van der Waals surface area contributed by atoms with Gasteiger partial charge in [0.1, 0.15) is 11.4 Å². The summed E-state index contributed by atoms with van der Waals surface area (Å²) < 4.78 is 5.22. The molecule has 5 nitrogen and oxygen atoms in total. The molecule has 1 aromatic carbocycles. The monoisotopic (exact) mass is 313 g/mol. The van der Waals surface area contributed by atoms with E-state index in [0.717, 1.165) is 42.8 Å². The summed E-state index contributed by atoms with van der Waals surface area (Å²) in [6.07, 6.45) is 0. The van der Waals surface area contributed by atoms with Gasteiger partial charge in [0.15, 0.2) is 0 Å². The normalized spacial score (nSPS) is 16.1. The van der Waals surface area contributed by atoms with Crippen LogP contribution in [0.3, 0.4) is 0 Å². The topological polar surface area (TPSA) is 45.7 Å². The number of methoxy groups -OCH3 is 1. The van der Waals surface area contributed by atoms with E-state index in [9.17, 15) is 4.79 Å². The maximum Gasteiger partial charge on any atom is 0.272 e. The number of fused-ring (bicyclic) bond motifs is 1. The van der Waals surface area contributed by atoms with Gasteiger partial charge < -0.3 is 9.64 Å². The molecule has 1 amide bonds. The first kappa shape index (κ1) is 15.7. The number of piperazine rings is 1. The van der Waals surface area contributed by atoms with Crippen molar-refractivity contribution in [2.24, 2.45) is 0 Å². The highest BCUT2D eigenvalue weighted by atomic mass is 16.5. The molecule has 0 bridgehead atoms. The molecule has 3 rings (SSSR count). The van der Waals surface area contributed by atoms with Crippen LogP contribution < -0.4 is 4.74 Å². The Bertz CT molecular complexity index is 706. The van der Waals surface area contributed by atoms with Crippen molar-refractivity contribution in [2.75, 3.05) is 33.3 Å². The van der Waals surface area contributed by atoms with Crippen LogP contribution in [0.2, 0.25) is 0 Å². The van der Waals surface area contributed by atoms with Crippen LogP contribution in [0.5, 0.6) is 5.75 Å². The van der Waals surface area contributed by atoms with Gasteiger partial charge in [0.25, 0.3) is 5.91 Å². The number of ether oxygens (including phenoxy) is 1. The van der Waals surface area contributed by atoms with Crippen molar-refractivity contribution in [2.45, 2.75) is 19.9 Å². The minimum absolute atomic E-state index is 0.0196. The number of hydrogen-bond donors (Lipinski definition) is 0. The Morgan fingerprint density at radius 2 is 1.87 bits per heavy atom. The third-order valence-corrected chi connectivity index (χ3v) is 4.45. The maximum atomic E-state index is 12.7. The van der Waals surface area contributed by atoms with Crippen molar-refractivity contribution in [1.82, 2.24) is 14.8 Å². The predicted molar refractivity (Wildman–Crippen MR) is 90.9 cm³/mol. The second-order valence-corrected chi connectivity index (χ2v) is 6.18. The largest absolute Gasteiger partial charge is 0.497 e. The van der Waals surface area contributed by atoms with Crippen molar-refractivity contribution < 1.29 is 9.53 Å². The number of benzene rings is 1. The summed E-state index contributed by atoms with van der Waals surface area (Å²) in [4.78, 5) is 21.5. The van der Waals surface area contributed by atoms with E-state index in [4.69, 9.17) is 4.74 Å². The molecule has 1 saturated heterocycles. The number of rotatable bonds is 3. The van der Waals surface area contributed by atoms with Gasteiger partial charge in [-0.2, -0.15) is 0 Å². The van der Waals surface area contributed by atoms with Crippen LogP contribution in [0, 0.1) is 0 Å². The molecule has 2 heterocycles. The summed E-state index contributed by atoms with van der Waals surface area (Å²) in [7, 11) is 1.64. The lowest BCUT2D eigenvalue weighted by Gasteiger charge is -2.36. The smallest absolute Gasteiger partial charge is 0.272 e. The number of carbonyl (C=O) groups is 1. The van der Waals surface area contributed by atoms with Crippen molar-refractivity contribution in [3.8, 4) is 5.75 Å². The highest BCUT2D eigenvalue weighted by Crippen LogP contribution is 2.20. The van der Waals surface area contributed by atoms with Gasteiger partial charge in [0.05, 0.1) is 12.6 Å². The Kier molecular flexibility index (Phi) is 4.48. The summed E-state index contributed by atoms with van der Waals surface area (Å²) in [5.41, 5.74) is 1.33. The Labute approximate surface area is 136 Å². The highest BCUT2D eigenvalue weighted by Gasteiger charge is 2.24. The van der Waals surface area contributed by atoms with Crippen LogP contribution in [-0.4, -0.2) is 60.0 Å². The molecule has 1 aromatic heterocycles. The van der Waals surface area contributed by atoms with Crippen LogP contribution in [0.15, 0.2) is 30.3 Å². The SMILES string of the molecule is COc1ccc2nc(C(=O)N3CCN(C(C)C)CC3)ccc2c1. The van der Waals surface area contributed by atoms with Crippen LogP contribution in [-0.2, 0) is 0 Å². The zero-order valence-electron chi connectivity index (χ0n) is 14.0. The van der Waals surface area contributed by atoms with Gasteiger partial charge in [-0.05, 0) is 38.1 Å². The van der Waals surface area contributed by atoms with E-state index >= 15 is 0 Å². The summed E-state index contributed by atoms with van der Waals surface area (Å²) >= 11 is 0. The molecule has 23 heavy (non-hydrogen) atoms. The quantitative estimate of drug-likeness (QED) is 0.873. The minimum Gasteiger partial charge on any atom is -0.497 e. The predicted octanol–water partition coefficient (Wildman–Crippen LogP) is 2.41. The fourth-order valence-electron chi connectivity index (χ4n) is 2.95. The standard InChI is InChI=1S/C18H23N3O2/c1-13(2)20-8-10-21(11-9-20)18(22)17-6-4-14-12-15(23-3)5-7-16(14)19-17/h4-7,12-13H,8-11H2,1-3H3. The third kappa shape index (κ3) is 3.29. The zero-order chi connectivity index (χ0) is 16.4. The fraction of sp³-hybridized carbons (Fsp3) is 0.444. The Hall–Kier alpha value is -2.14. The van der Waals surface area contributed by atoms with Gasteiger partial charge in [0, 0.05) is 37.6 Å². The average Bonchev–Trinajstić information content (AvgIpc) is 2.60. The molecule has 0 atom stereocenters. The molecule has 0 unspecified atom stereocenters. The number of carbonyl (C=O) groups excluding carboxylic acids is 1. The first-order chi connectivity index (χ1) is 11.1. The van der Waals surface area contributed by atoms with E-state index in [1.807, 2.05) is 29.2 Å². The fourth-order valence-corrected chi connectivity index (χ4v) is 2.95. The summed E-state index contributed by atoms with van der Waals surface area (Å²) in [5.74, 6) is 0.814. The van der Waals surface area contributed by atoms with Gasteiger partial charge in [0.2, 0.25) is 0 Å². The van der Waals surface area contributed by atoms with Crippen molar-refractivity contribution >= 4 is 16.8 Å². The number of amides is 1. The van der Waals surface area contributed by atoms with E-state index in [-0.39, 0.29) is 5.91 Å². The Balaban J connectivity index is 1.76. The number of aromatic nitrogens is 1. The first-order valence-electron chi connectivity index (χ1n) is 8.06. The molecule has 1 aliphatic heterocycles. The van der Waals surface area contributed by atoms with Crippen molar-refractivity contribution in [3.05, 3.63) is 36.0 Å². The summed E-state index contributed by atoms with van der Waals surface area (Å²) in [6.45, 7) is 7.76. The van der Waals surface area contributed by atoms with Crippen molar-refractivity contribution in [1.29, 1.82) is 0 Å². The zero-order valence-corrected chi connectivity index (χ0v) is 14.0. The minimum atomic E-state index is 0.0196. The van der Waals surface area contributed by atoms with Gasteiger partial charge in [-0.25, -0.2) is 4.98 Å². The summed E-state index contributed by atoms with van der Waals surface area (Å²) in [6, 6.07) is 9.95. The second kappa shape index (κ2) is 6.54. The number of hydrogen-bond acceptors (Lipinski definition) is 4. The second-order valence-electron chi connectivity index (χ2n) is 6.18. The maximum absolute atomic E-state index is 12.7. The Morgan fingerprint density at radius 3 is 2.52 bits per heavy atom. The molecule has 122 valence electrons. The van der Waals surface area contributed by atoms with Gasteiger partial charge in [-0.1, -0.05) is 6.07 Å². The van der Waals surface area contributed by atoms with E-state index in [1.54, 1.807) is 13.2 Å². The summed E-state index contributed by atoms with van der Waals surface area (Å²) in [5, 5.41) is 0.977. The molecule has 5 heteroatoms. The molecule has 0 aliphatic carbocycles. The number of pyridine rings is 1. The molecule has 0 radical (unpaired) electrons. The molecular formula is C18H23N3O2. The van der Waals surface area contributed by atoms with E-state index in [1.165, 1.54) is 0 Å². The lowest BCUT2D eigenvalue weighted by molar-refractivity contribution is 0.0590. The molecule has 0 N–H and O–H groups in total. The van der Waals surface area contributed by atoms with Gasteiger partial charge in [-0.3, -0.25) is 9.69 Å². The molecule has 2 aromatic rings. The van der Waals surface area contributed by atoms with Crippen LogP contribution in [0.25, 0.3) is 10.9 Å².